The molecule has 2 aliphatic rings. The van der Waals surface area contributed by atoms with Crippen molar-refractivity contribution < 1.29 is 24.0 Å². The van der Waals surface area contributed by atoms with Crippen LogP contribution in [0.4, 0.5) is 17.1 Å². The maximum atomic E-state index is 12.9. The summed E-state index contributed by atoms with van der Waals surface area (Å²) in [6, 6.07) is 10.7. The monoisotopic (exact) mass is 478 g/mol. The number of carbonyl (C=O) groups excluding carboxylic acids is 3. The van der Waals surface area contributed by atoms with E-state index in [1.807, 2.05) is 0 Å². The second-order valence-electron chi connectivity index (χ2n) is 8.48. The topological polar surface area (TPSA) is 122 Å². The first-order chi connectivity index (χ1) is 16.8. The highest BCUT2D eigenvalue weighted by molar-refractivity contribution is 6.06. The van der Waals surface area contributed by atoms with Gasteiger partial charge in [-0.25, -0.2) is 0 Å². The summed E-state index contributed by atoms with van der Waals surface area (Å²) in [7, 11) is 0. The highest BCUT2D eigenvalue weighted by Gasteiger charge is 2.34. The number of piperidine rings is 1. The Morgan fingerprint density at radius 2 is 1.86 bits per heavy atom. The molecule has 1 fully saturated rings. The molecule has 1 N–H and O–H groups in total. The van der Waals surface area contributed by atoms with Crippen LogP contribution >= 0.6 is 0 Å². The first kappa shape index (κ1) is 23.9. The molecule has 3 amide bonds. The van der Waals surface area contributed by atoms with Gasteiger partial charge in [0.05, 0.1) is 10.6 Å². The van der Waals surface area contributed by atoms with Crippen molar-refractivity contribution in [2.45, 2.75) is 32.3 Å². The van der Waals surface area contributed by atoms with Crippen LogP contribution in [-0.2, 0) is 14.4 Å². The first-order valence-electron chi connectivity index (χ1n) is 11.5. The largest absolute Gasteiger partial charge is 0.479 e. The molecule has 0 aliphatic carbocycles. The van der Waals surface area contributed by atoms with Crippen LogP contribution in [0.5, 0.6) is 5.75 Å². The van der Waals surface area contributed by atoms with E-state index in [2.05, 4.69) is 5.32 Å². The SMILES string of the molecule is CC1Oc2ccc(NC(=O)/C=C/c3ccc([N+](=O)[O-])cc3)cc2N(CC(=O)N2CCCCC2)C1=O. The van der Waals surface area contributed by atoms with Crippen molar-refractivity contribution in [1.82, 2.24) is 4.90 Å². The summed E-state index contributed by atoms with van der Waals surface area (Å²) in [5, 5.41) is 13.5. The molecule has 0 saturated carbocycles. The number of nitrogens with zero attached hydrogens (tertiary/aromatic N) is 3. The molecule has 1 saturated heterocycles. The van der Waals surface area contributed by atoms with Gasteiger partial charge in [0.1, 0.15) is 12.3 Å². The highest BCUT2D eigenvalue weighted by atomic mass is 16.6. The molecule has 182 valence electrons. The van der Waals surface area contributed by atoms with Crippen LogP contribution in [-0.4, -0.2) is 53.3 Å². The molecule has 2 aliphatic heterocycles. The Bertz CT molecular complexity index is 1170. The predicted molar refractivity (Wildman–Crippen MR) is 130 cm³/mol. The average molecular weight is 479 g/mol. The average Bonchev–Trinajstić information content (AvgIpc) is 2.86. The van der Waals surface area contributed by atoms with Gasteiger partial charge in [-0.1, -0.05) is 0 Å². The number of benzene rings is 2. The van der Waals surface area contributed by atoms with Crippen molar-refractivity contribution >= 4 is 40.9 Å². The zero-order chi connectivity index (χ0) is 24.9. The molecule has 10 heteroatoms. The van der Waals surface area contributed by atoms with Crippen LogP contribution in [0.2, 0.25) is 0 Å². The minimum Gasteiger partial charge on any atom is -0.479 e. The molecule has 0 radical (unpaired) electrons. The van der Waals surface area contributed by atoms with Gasteiger partial charge in [-0.05, 0) is 68.2 Å². The first-order valence-corrected chi connectivity index (χ1v) is 11.5. The van der Waals surface area contributed by atoms with Crippen LogP contribution in [0.1, 0.15) is 31.7 Å². The molecule has 2 aromatic rings. The minimum atomic E-state index is -0.721. The van der Waals surface area contributed by atoms with E-state index in [0.29, 0.717) is 35.8 Å². The Morgan fingerprint density at radius 3 is 2.54 bits per heavy atom. The van der Waals surface area contributed by atoms with Crippen molar-refractivity contribution in [2.75, 3.05) is 29.9 Å². The maximum absolute atomic E-state index is 12.9. The summed E-state index contributed by atoms with van der Waals surface area (Å²) < 4.78 is 5.70. The van der Waals surface area contributed by atoms with Gasteiger partial charge in [-0.15, -0.1) is 0 Å². The summed E-state index contributed by atoms with van der Waals surface area (Å²) in [4.78, 5) is 51.6. The van der Waals surface area contributed by atoms with Crippen LogP contribution < -0.4 is 15.0 Å². The molecule has 1 unspecified atom stereocenters. The second-order valence-corrected chi connectivity index (χ2v) is 8.48. The van der Waals surface area contributed by atoms with Crippen molar-refractivity contribution in [3.8, 4) is 5.75 Å². The number of ether oxygens (including phenoxy) is 1. The molecule has 2 heterocycles. The van der Waals surface area contributed by atoms with Crippen LogP contribution in [0.15, 0.2) is 48.5 Å². The smallest absolute Gasteiger partial charge is 0.269 e. The van der Waals surface area contributed by atoms with E-state index >= 15 is 0 Å². The van der Waals surface area contributed by atoms with E-state index in [9.17, 15) is 24.5 Å². The van der Waals surface area contributed by atoms with E-state index in [0.717, 1.165) is 19.3 Å². The van der Waals surface area contributed by atoms with Gasteiger partial charge in [-0.2, -0.15) is 0 Å². The molecular formula is C25H26N4O6. The normalized spacial score (nSPS) is 17.6. The number of likely N-dealkylation sites (tertiary alicyclic amines) is 1. The number of nitrogens with one attached hydrogen (secondary N) is 1. The fourth-order valence-electron chi connectivity index (χ4n) is 4.09. The number of nitro benzene ring substituents is 1. The summed E-state index contributed by atoms with van der Waals surface area (Å²) in [5.41, 5.74) is 1.46. The molecule has 0 bridgehead atoms. The summed E-state index contributed by atoms with van der Waals surface area (Å²) in [5.74, 6) is -0.387. The van der Waals surface area contributed by atoms with Crippen LogP contribution in [0, 0.1) is 10.1 Å². The van der Waals surface area contributed by atoms with Gasteiger partial charge in [0.25, 0.3) is 11.6 Å². The maximum Gasteiger partial charge on any atom is 0.269 e. The Hall–Kier alpha value is -4.21. The van der Waals surface area contributed by atoms with E-state index in [1.54, 1.807) is 42.2 Å². The Morgan fingerprint density at radius 1 is 1.14 bits per heavy atom. The summed E-state index contributed by atoms with van der Waals surface area (Å²) >= 11 is 0. The van der Waals surface area contributed by atoms with E-state index in [-0.39, 0.29) is 24.0 Å². The Labute approximate surface area is 202 Å². The van der Waals surface area contributed by atoms with Crippen LogP contribution in [0.3, 0.4) is 0 Å². The number of hydrogen-bond acceptors (Lipinski definition) is 6. The number of non-ortho nitro benzene ring substituents is 1. The molecule has 0 aromatic heterocycles. The minimum absolute atomic E-state index is 0.0323. The Kier molecular flexibility index (Phi) is 7.09. The number of rotatable bonds is 6. The standard InChI is InChI=1S/C25H26N4O6/c1-17-25(32)28(16-24(31)27-13-3-2-4-14-27)21-15-19(8-11-22(21)35-17)26-23(30)12-7-18-5-9-20(10-6-18)29(33)34/h5-12,15,17H,2-4,13-14,16H2,1H3,(H,26,30)/b12-7+. The van der Waals surface area contributed by atoms with E-state index < -0.39 is 16.9 Å². The van der Waals surface area contributed by atoms with Crippen LogP contribution in [0.25, 0.3) is 6.08 Å². The lowest BCUT2D eigenvalue weighted by molar-refractivity contribution is -0.384. The molecule has 1 atom stereocenters. The third-order valence-electron chi connectivity index (χ3n) is 5.97. The van der Waals surface area contributed by atoms with Gasteiger partial charge in [0.2, 0.25) is 11.8 Å². The summed E-state index contributed by atoms with van der Waals surface area (Å²) in [6.07, 6.45) is 5.14. The number of amides is 3. The molecule has 35 heavy (non-hydrogen) atoms. The molecule has 4 rings (SSSR count). The lowest BCUT2D eigenvalue weighted by Crippen LogP contribution is -2.50. The lowest BCUT2D eigenvalue weighted by atomic mass is 10.1. The third kappa shape index (κ3) is 5.65. The third-order valence-corrected chi connectivity index (χ3v) is 5.97. The number of anilines is 2. The number of nitro groups is 1. The van der Waals surface area contributed by atoms with Crippen molar-refractivity contribution in [3.63, 3.8) is 0 Å². The molecule has 2 aromatic carbocycles. The lowest BCUT2D eigenvalue weighted by Gasteiger charge is -2.35. The quantitative estimate of drug-likeness (QED) is 0.386. The number of fused-ring (bicyclic) bond motifs is 1. The number of hydrogen-bond donors (Lipinski definition) is 1. The summed E-state index contributed by atoms with van der Waals surface area (Å²) in [6.45, 7) is 2.94. The molecule has 10 nitrogen and oxygen atoms in total. The van der Waals surface area contributed by atoms with Gasteiger partial charge in [0.15, 0.2) is 6.10 Å². The zero-order valence-electron chi connectivity index (χ0n) is 19.3. The van der Waals surface area contributed by atoms with Gasteiger partial charge < -0.3 is 15.0 Å². The van der Waals surface area contributed by atoms with Gasteiger partial charge >= 0.3 is 0 Å². The van der Waals surface area contributed by atoms with Crippen molar-refractivity contribution in [3.05, 3.63) is 64.2 Å². The van der Waals surface area contributed by atoms with Gasteiger partial charge in [-0.3, -0.25) is 29.4 Å². The fraction of sp³-hybridized carbons (Fsp3) is 0.320. The highest BCUT2D eigenvalue weighted by Crippen LogP contribution is 2.36. The Balaban J connectivity index is 1.47. The van der Waals surface area contributed by atoms with Gasteiger partial charge in [0, 0.05) is 37.0 Å². The van der Waals surface area contributed by atoms with E-state index in [4.69, 9.17) is 4.74 Å². The van der Waals surface area contributed by atoms with Crippen molar-refractivity contribution in [2.24, 2.45) is 0 Å². The predicted octanol–water partition coefficient (Wildman–Crippen LogP) is 3.37. The van der Waals surface area contributed by atoms with Crippen molar-refractivity contribution in [1.29, 1.82) is 0 Å². The number of carbonyl (C=O) groups is 3. The second kappa shape index (κ2) is 10.4. The fourth-order valence-corrected chi connectivity index (χ4v) is 4.09. The zero-order valence-corrected chi connectivity index (χ0v) is 19.3. The van der Waals surface area contributed by atoms with E-state index in [1.165, 1.54) is 29.2 Å². The molecule has 0 spiro atoms. The molecular weight excluding hydrogens is 452 g/mol.